The van der Waals surface area contributed by atoms with Crippen LogP contribution in [0.1, 0.15) is 18.9 Å². The van der Waals surface area contributed by atoms with Gasteiger partial charge in [0.15, 0.2) is 5.78 Å². The van der Waals surface area contributed by atoms with Crippen LogP contribution in [0.25, 0.3) is 0 Å². The van der Waals surface area contributed by atoms with Gasteiger partial charge in [-0.15, -0.1) is 0 Å². The molecule has 0 aromatic heterocycles. The van der Waals surface area contributed by atoms with Gasteiger partial charge in [-0.1, -0.05) is 30.3 Å². The van der Waals surface area contributed by atoms with E-state index in [1.807, 2.05) is 30.3 Å². The molecule has 0 bridgehead atoms. The van der Waals surface area contributed by atoms with Crippen LogP contribution in [0.15, 0.2) is 30.3 Å². The minimum absolute atomic E-state index is 0.0511. The van der Waals surface area contributed by atoms with Crippen molar-refractivity contribution < 1.29 is 9.59 Å². The third kappa shape index (κ3) is 5.11. The molecule has 1 rings (SSSR count). The number of hydrogen-bond acceptors (Lipinski definition) is 4. The van der Waals surface area contributed by atoms with Gasteiger partial charge >= 0.3 is 0 Å². The summed E-state index contributed by atoms with van der Waals surface area (Å²) in [7, 11) is 1.71. The van der Waals surface area contributed by atoms with Crippen LogP contribution in [0.5, 0.6) is 0 Å². The van der Waals surface area contributed by atoms with E-state index in [-0.39, 0.29) is 17.7 Å². The molecule has 0 aliphatic carbocycles. The fraction of sp³-hybridized carbons (Fsp3) is 0.467. The summed E-state index contributed by atoms with van der Waals surface area (Å²) in [4.78, 5) is 23.8. The highest BCUT2D eigenvalue weighted by Gasteiger charge is 2.22. The topological polar surface area (TPSA) is 84.2 Å². The minimum Gasteiger partial charge on any atom is -0.345 e. The number of likely N-dealkylation sites (N-methyl/N-ethyl adjacent to an activating group) is 1. The summed E-state index contributed by atoms with van der Waals surface area (Å²) in [5, 5.41) is 5.70. The zero-order chi connectivity index (χ0) is 15.0. The van der Waals surface area contributed by atoms with Crippen molar-refractivity contribution in [3.63, 3.8) is 0 Å². The largest absolute Gasteiger partial charge is 0.345 e. The van der Waals surface area contributed by atoms with Crippen molar-refractivity contribution in [2.24, 2.45) is 5.73 Å². The van der Waals surface area contributed by atoms with Crippen LogP contribution in [0.4, 0.5) is 0 Å². The van der Waals surface area contributed by atoms with Crippen LogP contribution in [0.3, 0.4) is 0 Å². The Balaban J connectivity index is 2.68. The van der Waals surface area contributed by atoms with Crippen molar-refractivity contribution in [3.8, 4) is 0 Å². The van der Waals surface area contributed by atoms with Gasteiger partial charge in [0.25, 0.3) is 0 Å². The fourth-order valence-electron chi connectivity index (χ4n) is 1.99. The van der Waals surface area contributed by atoms with Gasteiger partial charge < -0.3 is 16.4 Å². The summed E-state index contributed by atoms with van der Waals surface area (Å²) in [5.41, 5.74) is 6.49. The molecule has 110 valence electrons. The van der Waals surface area contributed by atoms with Crippen molar-refractivity contribution in [1.82, 2.24) is 10.6 Å². The Morgan fingerprint density at radius 2 is 1.85 bits per heavy atom. The molecule has 20 heavy (non-hydrogen) atoms. The highest BCUT2D eigenvalue weighted by atomic mass is 16.2. The maximum Gasteiger partial charge on any atom is 0.237 e. The Kier molecular flexibility index (Phi) is 6.90. The van der Waals surface area contributed by atoms with Crippen LogP contribution in [0, 0.1) is 0 Å². The molecule has 0 radical (unpaired) electrons. The number of ketones is 1. The lowest BCUT2D eigenvalue weighted by atomic mass is 10.0. The third-order valence-corrected chi connectivity index (χ3v) is 3.21. The molecule has 1 aromatic rings. The van der Waals surface area contributed by atoms with Crippen LogP contribution in [-0.4, -0.2) is 37.4 Å². The molecule has 0 saturated carbocycles. The Labute approximate surface area is 119 Å². The molecule has 0 aliphatic heterocycles. The van der Waals surface area contributed by atoms with E-state index in [1.54, 1.807) is 7.05 Å². The molecular weight excluding hydrogens is 254 g/mol. The molecule has 0 aliphatic rings. The van der Waals surface area contributed by atoms with E-state index in [2.05, 4.69) is 10.6 Å². The normalized spacial score (nSPS) is 13.6. The molecule has 5 heteroatoms. The average molecular weight is 277 g/mol. The van der Waals surface area contributed by atoms with Crippen molar-refractivity contribution >= 4 is 11.7 Å². The molecular formula is C15H23N3O2. The standard InChI is InChI=1S/C15H23N3O2/c1-11(19)14(10-12-6-4-3-5-7-12)18-15(20)13(17-2)8-9-16/h3-7,13-14,17H,8-10,16H2,1-2H3,(H,18,20). The Morgan fingerprint density at radius 3 is 2.35 bits per heavy atom. The van der Waals surface area contributed by atoms with Gasteiger partial charge in [-0.2, -0.15) is 0 Å². The molecule has 1 amide bonds. The number of nitrogens with one attached hydrogen (secondary N) is 2. The van der Waals surface area contributed by atoms with Crippen molar-refractivity contribution in [2.45, 2.75) is 31.8 Å². The minimum atomic E-state index is -0.501. The van der Waals surface area contributed by atoms with Gasteiger partial charge in [0, 0.05) is 0 Å². The molecule has 0 fully saturated rings. The monoisotopic (exact) mass is 277 g/mol. The van der Waals surface area contributed by atoms with Gasteiger partial charge in [0.05, 0.1) is 12.1 Å². The van der Waals surface area contributed by atoms with Crippen molar-refractivity contribution in [2.75, 3.05) is 13.6 Å². The number of amides is 1. The lowest BCUT2D eigenvalue weighted by Crippen LogP contribution is -2.50. The summed E-state index contributed by atoms with van der Waals surface area (Å²) in [6, 6.07) is 8.77. The van der Waals surface area contributed by atoms with E-state index in [1.165, 1.54) is 6.92 Å². The van der Waals surface area contributed by atoms with Gasteiger partial charge in [-0.25, -0.2) is 0 Å². The van der Waals surface area contributed by atoms with E-state index < -0.39 is 6.04 Å². The lowest BCUT2D eigenvalue weighted by molar-refractivity contribution is -0.128. The number of hydrogen-bond donors (Lipinski definition) is 3. The van der Waals surface area contributed by atoms with E-state index in [4.69, 9.17) is 5.73 Å². The van der Waals surface area contributed by atoms with Gasteiger partial charge in [0.2, 0.25) is 5.91 Å². The van der Waals surface area contributed by atoms with Gasteiger partial charge in [0.1, 0.15) is 0 Å². The second-order valence-corrected chi connectivity index (χ2v) is 4.78. The Bertz CT molecular complexity index is 434. The van der Waals surface area contributed by atoms with Gasteiger partial charge in [-0.05, 0) is 38.9 Å². The van der Waals surface area contributed by atoms with E-state index >= 15 is 0 Å². The molecule has 4 N–H and O–H groups in total. The Hall–Kier alpha value is -1.72. The molecule has 2 atom stereocenters. The average Bonchev–Trinajstić information content (AvgIpc) is 2.44. The first-order valence-electron chi connectivity index (χ1n) is 6.80. The van der Waals surface area contributed by atoms with E-state index in [9.17, 15) is 9.59 Å². The number of Topliss-reactive ketones (excluding diaryl/α,β-unsaturated/α-hetero) is 1. The first kappa shape index (κ1) is 16.3. The second kappa shape index (κ2) is 8.45. The fourth-order valence-corrected chi connectivity index (χ4v) is 1.99. The number of benzene rings is 1. The molecule has 0 saturated heterocycles. The lowest BCUT2D eigenvalue weighted by Gasteiger charge is -2.20. The summed E-state index contributed by atoms with van der Waals surface area (Å²) >= 11 is 0. The zero-order valence-corrected chi connectivity index (χ0v) is 12.1. The number of rotatable bonds is 8. The summed E-state index contributed by atoms with van der Waals surface area (Å²) in [6.45, 7) is 1.91. The van der Waals surface area contributed by atoms with Crippen molar-refractivity contribution in [3.05, 3.63) is 35.9 Å². The SMILES string of the molecule is CNC(CCN)C(=O)NC(Cc1ccccc1)C(C)=O. The molecule has 5 nitrogen and oxygen atoms in total. The molecule has 1 aromatic carbocycles. The first-order chi connectivity index (χ1) is 9.58. The third-order valence-electron chi connectivity index (χ3n) is 3.21. The maximum atomic E-state index is 12.1. The summed E-state index contributed by atoms with van der Waals surface area (Å²) in [5.74, 6) is -0.237. The van der Waals surface area contributed by atoms with Crippen LogP contribution < -0.4 is 16.4 Å². The predicted octanol–water partition coefficient (Wildman–Crippen LogP) is 0.240. The van der Waals surface area contributed by atoms with E-state index in [0.29, 0.717) is 19.4 Å². The number of nitrogens with two attached hydrogens (primary N) is 1. The highest BCUT2D eigenvalue weighted by Crippen LogP contribution is 2.04. The summed E-state index contributed by atoms with van der Waals surface area (Å²) in [6.07, 6.45) is 1.04. The van der Waals surface area contributed by atoms with Crippen LogP contribution in [0.2, 0.25) is 0 Å². The van der Waals surface area contributed by atoms with Crippen LogP contribution >= 0.6 is 0 Å². The van der Waals surface area contributed by atoms with Gasteiger partial charge in [-0.3, -0.25) is 9.59 Å². The predicted molar refractivity (Wildman–Crippen MR) is 79.3 cm³/mol. The number of carbonyl (C=O) groups excluding carboxylic acids is 2. The summed E-state index contributed by atoms with van der Waals surface area (Å²) < 4.78 is 0. The quantitative estimate of drug-likeness (QED) is 0.635. The maximum absolute atomic E-state index is 12.1. The van der Waals surface area contributed by atoms with Crippen molar-refractivity contribution in [1.29, 1.82) is 0 Å². The Morgan fingerprint density at radius 1 is 1.20 bits per heavy atom. The number of carbonyl (C=O) groups is 2. The van der Waals surface area contributed by atoms with E-state index in [0.717, 1.165) is 5.56 Å². The van der Waals surface area contributed by atoms with Crippen LogP contribution in [-0.2, 0) is 16.0 Å². The highest BCUT2D eigenvalue weighted by molar-refractivity contribution is 5.89. The molecule has 2 unspecified atom stereocenters. The first-order valence-corrected chi connectivity index (χ1v) is 6.80. The smallest absolute Gasteiger partial charge is 0.237 e. The second-order valence-electron chi connectivity index (χ2n) is 4.78. The molecule has 0 spiro atoms. The zero-order valence-electron chi connectivity index (χ0n) is 12.1. The molecule has 0 heterocycles.